The van der Waals surface area contributed by atoms with Crippen LogP contribution >= 0.6 is 0 Å². The Morgan fingerprint density at radius 2 is 1.89 bits per heavy atom. The summed E-state index contributed by atoms with van der Waals surface area (Å²) >= 11 is 0. The standard InChI is InChI=1S/C31H42FN3O3/c1-18(2)28(35-27(36)16-33)29(37)38-21-11-13-30(3)20(15-21)6-7-22-24-9-8-23(19-5-10-26(32)34-17-19)31(24,4)14-12-25(22)30/h5-6,8,10,17-18,21-22,24-25,28H,7,9,11-16,33H2,1-4H3,(H,35,36)/t21-,22-,24-,25-,28-,30-,31+/m0/s1. The molecule has 0 unspecified atom stereocenters. The molecule has 4 aliphatic carbocycles. The Kier molecular flexibility index (Phi) is 7.27. The molecular weight excluding hydrogens is 481 g/mol. The van der Waals surface area contributed by atoms with Gasteiger partial charge in [0, 0.05) is 12.6 Å². The highest BCUT2D eigenvalue weighted by molar-refractivity contribution is 5.85. The van der Waals surface area contributed by atoms with Crippen molar-refractivity contribution < 1.29 is 18.7 Å². The Balaban J connectivity index is 1.29. The third-order valence-electron chi connectivity index (χ3n) is 10.4. The van der Waals surface area contributed by atoms with Gasteiger partial charge in [-0.1, -0.05) is 45.4 Å². The lowest BCUT2D eigenvalue weighted by Crippen LogP contribution is -2.51. The van der Waals surface area contributed by atoms with Gasteiger partial charge in [-0.05, 0) is 96.3 Å². The fourth-order valence-electron chi connectivity index (χ4n) is 8.25. The van der Waals surface area contributed by atoms with Gasteiger partial charge in [0.25, 0.3) is 0 Å². The lowest BCUT2D eigenvalue weighted by atomic mass is 9.47. The molecule has 1 aromatic rings. The van der Waals surface area contributed by atoms with Crippen molar-refractivity contribution in [3.05, 3.63) is 47.6 Å². The number of nitrogens with one attached hydrogen (secondary N) is 1. The molecule has 6 nitrogen and oxygen atoms in total. The van der Waals surface area contributed by atoms with Crippen LogP contribution in [0.25, 0.3) is 5.57 Å². The number of hydrogen-bond donors (Lipinski definition) is 2. The average Bonchev–Trinajstić information content (AvgIpc) is 3.24. The van der Waals surface area contributed by atoms with E-state index < -0.39 is 12.0 Å². The molecule has 5 rings (SSSR count). The molecule has 2 saturated carbocycles. The van der Waals surface area contributed by atoms with Gasteiger partial charge in [0.15, 0.2) is 0 Å². The first kappa shape index (κ1) is 27.0. The van der Waals surface area contributed by atoms with Crippen molar-refractivity contribution in [3.8, 4) is 0 Å². The molecule has 0 aromatic carbocycles. The first-order valence-electron chi connectivity index (χ1n) is 14.3. The highest BCUT2D eigenvalue weighted by Gasteiger charge is 2.57. The number of aromatic nitrogens is 1. The number of carbonyl (C=O) groups excluding carboxylic acids is 2. The average molecular weight is 524 g/mol. The van der Waals surface area contributed by atoms with E-state index >= 15 is 0 Å². The minimum Gasteiger partial charge on any atom is -0.461 e. The van der Waals surface area contributed by atoms with Crippen molar-refractivity contribution >= 4 is 17.4 Å². The van der Waals surface area contributed by atoms with E-state index in [0.29, 0.717) is 17.8 Å². The van der Waals surface area contributed by atoms with Crippen LogP contribution < -0.4 is 11.1 Å². The molecule has 206 valence electrons. The Morgan fingerprint density at radius 1 is 1.13 bits per heavy atom. The van der Waals surface area contributed by atoms with Gasteiger partial charge in [-0.15, -0.1) is 0 Å². The predicted molar refractivity (Wildman–Crippen MR) is 145 cm³/mol. The van der Waals surface area contributed by atoms with Gasteiger partial charge in [0.2, 0.25) is 11.9 Å². The maximum atomic E-state index is 13.5. The van der Waals surface area contributed by atoms with Crippen molar-refractivity contribution in [1.82, 2.24) is 10.3 Å². The number of fused-ring (bicyclic) bond motifs is 5. The minimum atomic E-state index is -0.680. The molecule has 4 aliphatic rings. The zero-order valence-corrected chi connectivity index (χ0v) is 23.1. The predicted octanol–water partition coefficient (Wildman–Crippen LogP) is 5.19. The molecule has 0 aliphatic heterocycles. The minimum absolute atomic E-state index is 0.0753. The Bertz CT molecular complexity index is 1150. The maximum Gasteiger partial charge on any atom is 0.329 e. The fourth-order valence-corrected chi connectivity index (χ4v) is 8.25. The molecule has 2 fully saturated rings. The number of carbonyl (C=O) groups is 2. The number of ether oxygens (including phenoxy) is 1. The van der Waals surface area contributed by atoms with Crippen LogP contribution in [-0.2, 0) is 14.3 Å². The van der Waals surface area contributed by atoms with Crippen LogP contribution in [0, 0.1) is 40.4 Å². The van der Waals surface area contributed by atoms with Crippen molar-refractivity contribution in [2.45, 2.75) is 84.8 Å². The van der Waals surface area contributed by atoms with Crippen LogP contribution in [0.3, 0.4) is 0 Å². The lowest BCUT2D eigenvalue weighted by Gasteiger charge is -2.58. The molecule has 7 heteroatoms. The van der Waals surface area contributed by atoms with Gasteiger partial charge < -0.3 is 15.8 Å². The van der Waals surface area contributed by atoms with E-state index in [1.54, 1.807) is 6.20 Å². The Hall–Kier alpha value is -2.54. The maximum absolute atomic E-state index is 13.5. The summed E-state index contributed by atoms with van der Waals surface area (Å²) in [7, 11) is 0. The fraction of sp³-hybridized carbons (Fsp3) is 0.645. The summed E-state index contributed by atoms with van der Waals surface area (Å²) in [6, 6.07) is 2.66. The molecule has 1 heterocycles. The SMILES string of the molecule is CC(C)[C@H](NC(=O)CN)C(=O)O[C@H]1CC[C@@]2(C)C(=CC[C@@H]3[C@@H]2CC[C@]2(C)C(c4ccc(F)nc4)=CC[C@@H]32)C1. The molecular formula is C31H42FN3O3. The number of esters is 1. The number of nitrogens with two attached hydrogens (primary N) is 1. The lowest BCUT2D eigenvalue weighted by molar-refractivity contribution is -0.156. The molecule has 0 saturated heterocycles. The smallest absolute Gasteiger partial charge is 0.329 e. The summed E-state index contributed by atoms with van der Waals surface area (Å²) in [6.07, 6.45) is 13.4. The topological polar surface area (TPSA) is 94.3 Å². The molecule has 3 N–H and O–H groups in total. The molecule has 38 heavy (non-hydrogen) atoms. The van der Waals surface area contributed by atoms with Gasteiger partial charge >= 0.3 is 5.97 Å². The monoisotopic (exact) mass is 523 g/mol. The van der Waals surface area contributed by atoms with E-state index in [-0.39, 0.29) is 41.3 Å². The summed E-state index contributed by atoms with van der Waals surface area (Å²) in [5.74, 6) is 0.583. The molecule has 1 amide bonds. The first-order valence-corrected chi connectivity index (χ1v) is 14.3. The second-order valence-corrected chi connectivity index (χ2v) is 12.7. The second kappa shape index (κ2) is 10.2. The summed E-state index contributed by atoms with van der Waals surface area (Å²) in [5, 5.41) is 2.72. The zero-order chi connectivity index (χ0) is 27.2. The summed E-state index contributed by atoms with van der Waals surface area (Å²) in [4.78, 5) is 28.7. The quantitative estimate of drug-likeness (QED) is 0.304. The highest BCUT2D eigenvalue weighted by atomic mass is 19.1. The van der Waals surface area contributed by atoms with Crippen LogP contribution in [-0.4, -0.2) is 35.6 Å². The van der Waals surface area contributed by atoms with E-state index in [0.717, 1.165) is 44.1 Å². The summed E-state index contributed by atoms with van der Waals surface area (Å²) < 4.78 is 19.4. The van der Waals surface area contributed by atoms with E-state index in [1.165, 1.54) is 23.6 Å². The number of pyridine rings is 1. The zero-order valence-electron chi connectivity index (χ0n) is 23.1. The van der Waals surface area contributed by atoms with Gasteiger partial charge in [-0.2, -0.15) is 4.39 Å². The van der Waals surface area contributed by atoms with Gasteiger partial charge in [-0.3, -0.25) is 4.79 Å². The molecule has 0 spiro atoms. The summed E-state index contributed by atoms with van der Waals surface area (Å²) in [6.45, 7) is 8.49. The van der Waals surface area contributed by atoms with Crippen molar-refractivity contribution in [1.29, 1.82) is 0 Å². The second-order valence-electron chi connectivity index (χ2n) is 12.7. The normalized spacial score (nSPS) is 34.8. The third kappa shape index (κ3) is 4.61. The van der Waals surface area contributed by atoms with E-state index in [1.807, 2.05) is 19.9 Å². The van der Waals surface area contributed by atoms with Gasteiger partial charge in [-0.25, -0.2) is 9.78 Å². The highest BCUT2D eigenvalue weighted by Crippen LogP contribution is 2.66. The first-order chi connectivity index (χ1) is 18.1. The number of rotatable bonds is 6. The molecule has 7 atom stereocenters. The largest absolute Gasteiger partial charge is 0.461 e. The van der Waals surface area contributed by atoms with Crippen molar-refractivity contribution in [2.75, 3.05) is 6.54 Å². The Morgan fingerprint density at radius 3 is 2.58 bits per heavy atom. The van der Waals surface area contributed by atoms with Crippen LogP contribution in [0.4, 0.5) is 4.39 Å². The number of amides is 1. The van der Waals surface area contributed by atoms with E-state index in [4.69, 9.17) is 10.5 Å². The van der Waals surface area contributed by atoms with Gasteiger partial charge in [0.05, 0.1) is 6.54 Å². The Labute approximate surface area is 225 Å². The number of allylic oxidation sites excluding steroid dienone is 3. The number of halogens is 1. The van der Waals surface area contributed by atoms with Crippen LogP contribution in [0.5, 0.6) is 0 Å². The van der Waals surface area contributed by atoms with Crippen LogP contribution in [0.15, 0.2) is 36.1 Å². The van der Waals surface area contributed by atoms with Crippen LogP contribution in [0.2, 0.25) is 0 Å². The number of nitrogens with zero attached hydrogens (tertiary/aromatic N) is 1. The van der Waals surface area contributed by atoms with E-state index in [9.17, 15) is 14.0 Å². The third-order valence-corrected chi connectivity index (χ3v) is 10.4. The van der Waals surface area contributed by atoms with Crippen LogP contribution in [0.1, 0.15) is 78.2 Å². The van der Waals surface area contributed by atoms with Crippen molar-refractivity contribution in [3.63, 3.8) is 0 Å². The summed E-state index contributed by atoms with van der Waals surface area (Å²) in [5.41, 5.74) is 9.48. The number of hydrogen-bond acceptors (Lipinski definition) is 5. The van der Waals surface area contributed by atoms with Crippen molar-refractivity contribution in [2.24, 2.45) is 40.2 Å². The van der Waals surface area contributed by atoms with E-state index in [2.05, 4.69) is 36.3 Å². The molecule has 0 radical (unpaired) electrons. The molecule has 0 bridgehead atoms. The molecule has 1 aromatic heterocycles. The van der Waals surface area contributed by atoms with Gasteiger partial charge in [0.1, 0.15) is 12.1 Å².